The summed E-state index contributed by atoms with van der Waals surface area (Å²) in [6.07, 6.45) is 4.27. The van der Waals surface area contributed by atoms with Gasteiger partial charge in [0.25, 0.3) is 0 Å². The summed E-state index contributed by atoms with van der Waals surface area (Å²) in [5.74, 6) is 0.238. The third kappa shape index (κ3) is 3.84. The zero-order valence-electron chi connectivity index (χ0n) is 18.4. The van der Waals surface area contributed by atoms with Gasteiger partial charge in [-0.25, -0.2) is 4.79 Å². The summed E-state index contributed by atoms with van der Waals surface area (Å²) in [7, 11) is 0. The Bertz CT molecular complexity index is 1240. The number of esters is 1. The van der Waals surface area contributed by atoms with Crippen molar-refractivity contribution in [3.05, 3.63) is 95.1 Å². The lowest BCUT2D eigenvalue weighted by molar-refractivity contribution is 0.0734. The highest BCUT2D eigenvalue weighted by atomic mass is 16.5. The van der Waals surface area contributed by atoms with E-state index in [0.717, 1.165) is 16.3 Å². The summed E-state index contributed by atoms with van der Waals surface area (Å²) in [6, 6.07) is 16.7. The van der Waals surface area contributed by atoms with Gasteiger partial charge in [0.2, 0.25) is 0 Å². The monoisotopic (exact) mass is 410 g/mol. The van der Waals surface area contributed by atoms with Gasteiger partial charge in [0.1, 0.15) is 5.75 Å². The number of hydrogen-bond acceptors (Lipinski definition) is 3. The van der Waals surface area contributed by atoms with E-state index in [4.69, 9.17) is 4.74 Å². The van der Waals surface area contributed by atoms with E-state index in [1.54, 1.807) is 31.2 Å². The van der Waals surface area contributed by atoms with Gasteiger partial charge in [-0.2, -0.15) is 0 Å². The molecule has 0 saturated carbocycles. The average Bonchev–Trinajstić information content (AvgIpc) is 2.74. The molecule has 0 N–H and O–H groups in total. The van der Waals surface area contributed by atoms with Crippen LogP contribution in [0.4, 0.5) is 0 Å². The van der Waals surface area contributed by atoms with Crippen molar-refractivity contribution in [3.63, 3.8) is 0 Å². The van der Waals surface area contributed by atoms with Gasteiger partial charge in [-0.1, -0.05) is 75.9 Å². The quantitative estimate of drug-likeness (QED) is 0.202. The Morgan fingerprint density at radius 3 is 2.26 bits per heavy atom. The molecule has 3 nitrogen and oxygen atoms in total. The van der Waals surface area contributed by atoms with Crippen LogP contribution in [0.15, 0.2) is 72.8 Å². The molecule has 0 spiro atoms. The number of carbonyl (C=O) groups is 2. The van der Waals surface area contributed by atoms with E-state index >= 15 is 0 Å². The molecule has 3 aromatic carbocycles. The molecule has 156 valence electrons. The molecule has 3 heteroatoms. The summed E-state index contributed by atoms with van der Waals surface area (Å²) < 4.78 is 5.80. The smallest absolute Gasteiger partial charge is 0.343 e. The highest BCUT2D eigenvalue weighted by Gasteiger charge is 2.29. The molecule has 1 aliphatic rings. The largest absolute Gasteiger partial charge is 0.422 e. The van der Waals surface area contributed by atoms with Crippen LogP contribution in [0.5, 0.6) is 5.75 Å². The van der Waals surface area contributed by atoms with E-state index in [2.05, 4.69) is 57.7 Å². The lowest BCUT2D eigenvalue weighted by Gasteiger charge is -2.32. The summed E-state index contributed by atoms with van der Waals surface area (Å²) in [5, 5.41) is 2.27. The van der Waals surface area contributed by atoms with Gasteiger partial charge in [-0.3, -0.25) is 4.79 Å². The Labute approximate surface area is 183 Å². The summed E-state index contributed by atoms with van der Waals surface area (Å²) in [4.78, 5) is 24.8. The normalized spacial score (nSPS) is 15.0. The first-order chi connectivity index (χ1) is 14.7. The standard InChI is InChI=1S/C28H26O3/c1-17(2)26(29)19-9-11-20(12-10-19)27(30)31-24-16-13-18-7-6-8-21-23(28(3,4)5)15-14-22(24)25(18)21/h6-16,23H,1H2,2-5H3. The second-order valence-electron chi connectivity index (χ2n) is 9.20. The van der Waals surface area contributed by atoms with Crippen molar-refractivity contribution < 1.29 is 14.3 Å². The topological polar surface area (TPSA) is 43.4 Å². The molecular formula is C28H26O3. The van der Waals surface area contributed by atoms with Crippen LogP contribution in [0, 0.1) is 5.41 Å². The molecule has 0 aromatic heterocycles. The molecule has 0 heterocycles. The second kappa shape index (κ2) is 7.66. The van der Waals surface area contributed by atoms with E-state index in [1.807, 2.05) is 12.1 Å². The first-order valence-electron chi connectivity index (χ1n) is 10.4. The molecule has 31 heavy (non-hydrogen) atoms. The van der Waals surface area contributed by atoms with Crippen LogP contribution in [-0.4, -0.2) is 11.8 Å². The maximum absolute atomic E-state index is 12.8. The summed E-state index contributed by atoms with van der Waals surface area (Å²) in [6.45, 7) is 12.0. The second-order valence-corrected chi connectivity index (χ2v) is 9.20. The number of Topliss-reactive ketones (excluding diaryl/α,β-unsaturated/α-hetero) is 1. The number of allylic oxidation sites excluding steroid dienone is 2. The van der Waals surface area contributed by atoms with Crippen molar-refractivity contribution in [2.24, 2.45) is 5.41 Å². The first-order valence-corrected chi connectivity index (χ1v) is 10.4. The molecule has 0 saturated heterocycles. The van der Waals surface area contributed by atoms with Crippen molar-refractivity contribution in [2.45, 2.75) is 33.6 Å². The fourth-order valence-corrected chi connectivity index (χ4v) is 4.14. The molecule has 0 radical (unpaired) electrons. The SMILES string of the molecule is C=C(C)C(=O)c1ccc(C(=O)Oc2ccc3cccc4c3c2C=CC4C(C)(C)C)cc1. The predicted molar refractivity (Wildman–Crippen MR) is 126 cm³/mol. The Morgan fingerprint density at radius 2 is 1.61 bits per heavy atom. The van der Waals surface area contributed by atoms with Crippen molar-refractivity contribution in [3.8, 4) is 5.75 Å². The number of ether oxygens (including phenoxy) is 1. The van der Waals surface area contributed by atoms with Crippen LogP contribution >= 0.6 is 0 Å². The number of ketones is 1. The Balaban J connectivity index is 1.68. The molecule has 0 aliphatic heterocycles. The molecule has 1 atom stereocenters. The molecule has 0 bridgehead atoms. The van der Waals surface area contributed by atoms with Gasteiger partial charge in [0.05, 0.1) is 5.56 Å². The van der Waals surface area contributed by atoms with E-state index in [0.29, 0.717) is 22.4 Å². The van der Waals surface area contributed by atoms with Crippen LogP contribution in [0.2, 0.25) is 0 Å². The minimum absolute atomic E-state index is 0.0815. The van der Waals surface area contributed by atoms with Crippen LogP contribution < -0.4 is 4.74 Å². The van der Waals surface area contributed by atoms with Gasteiger partial charge >= 0.3 is 5.97 Å². The Hall–Kier alpha value is -3.46. The summed E-state index contributed by atoms with van der Waals surface area (Å²) in [5.41, 5.74) is 3.62. The van der Waals surface area contributed by atoms with Gasteiger partial charge in [0.15, 0.2) is 5.78 Å². The van der Waals surface area contributed by atoms with Gasteiger partial charge in [0, 0.05) is 17.0 Å². The van der Waals surface area contributed by atoms with E-state index in [9.17, 15) is 9.59 Å². The molecule has 4 rings (SSSR count). The van der Waals surface area contributed by atoms with Crippen molar-refractivity contribution in [2.75, 3.05) is 0 Å². The number of hydrogen-bond donors (Lipinski definition) is 0. The first kappa shape index (κ1) is 20.8. The number of rotatable bonds is 4. The van der Waals surface area contributed by atoms with Crippen molar-refractivity contribution >= 4 is 28.6 Å². The van der Waals surface area contributed by atoms with Crippen LogP contribution in [0.3, 0.4) is 0 Å². The summed E-state index contributed by atoms with van der Waals surface area (Å²) >= 11 is 0. The van der Waals surface area contributed by atoms with E-state index in [1.165, 1.54) is 5.56 Å². The predicted octanol–water partition coefficient (Wildman–Crippen LogP) is 6.97. The van der Waals surface area contributed by atoms with Gasteiger partial charge < -0.3 is 4.74 Å². The molecule has 0 amide bonds. The van der Waals surface area contributed by atoms with Crippen LogP contribution in [0.25, 0.3) is 16.8 Å². The molecule has 3 aromatic rings. The van der Waals surface area contributed by atoms with Crippen molar-refractivity contribution in [1.29, 1.82) is 0 Å². The molecule has 1 aliphatic carbocycles. The maximum atomic E-state index is 12.8. The molecule has 0 fully saturated rings. The number of benzene rings is 3. The van der Waals surface area contributed by atoms with E-state index < -0.39 is 5.97 Å². The average molecular weight is 411 g/mol. The van der Waals surface area contributed by atoms with E-state index in [-0.39, 0.29) is 17.1 Å². The highest BCUT2D eigenvalue weighted by Crippen LogP contribution is 2.45. The van der Waals surface area contributed by atoms with Crippen LogP contribution in [0.1, 0.15) is 65.5 Å². The third-order valence-corrected chi connectivity index (χ3v) is 5.77. The Morgan fingerprint density at radius 1 is 0.935 bits per heavy atom. The fourth-order valence-electron chi connectivity index (χ4n) is 4.14. The zero-order chi connectivity index (χ0) is 22.3. The zero-order valence-corrected chi connectivity index (χ0v) is 18.4. The lowest BCUT2D eigenvalue weighted by Crippen LogP contribution is -2.19. The minimum Gasteiger partial charge on any atom is -0.422 e. The molecule has 1 unspecified atom stereocenters. The lowest BCUT2D eigenvalue weighted by atomic mass is 9.72. The number of carbonyl (C=O) groups excluding carboxylic acids is 2. The van der Waals surface area contributed by atoms with Gasteiger partial charge in [-0.05, 0) is 52.4 Å². The molecular weight excluding hydrogens is 384 g/mol. The maximum Gasteiger partial charge on any atom is 0.343 e. The fraction of sp³-hybridized carbons (Fsp3) is 0.214. The minimum atomic E-state index is -0.450. The van der Waals surface area contributed by atoms with Crippen LogP contribution in [-0.2, 0) is 0 Å². The van der Waals surface area contributed by atoms with Crippen molar-refractivity contribution in [1.82, 2.24) is 0 Å². The van der Waals surface area contributed by atoms with Gasteiger partial charge in [-0.15, -0.1) is 0 Å². The third-order valence-electron chi connectivity index (χ3n) is 5.77. The Kier molecular flexibility index (Phi) is 5.14. The highest BCUT2D eigenvalue weighted by molar-refractivity contribution is 6.08.